The molecule has 0 bridgehead atoms. The average Bonchev–Trinajstić information content (AvgIpc) is 3.00. The molecule has 0 amide bonds. The first-order valence-electron chi connectivity index (χ1n) is 5.36. The van der Waals surface area contributed by atoms with E-state index in [0.29, 0.717) is 11.5 Å². The summed E-state index contributed by atoms with van der Waals surface area (Å²) in [4.78, 5) is 12.2. The van der Waals surface area contributed by atoms with Crippen molar-refractivity contribution in [2.24, 2.45) is 0 Å². The molecule has 0 saturated carbocycles. The summed E-state index contributed by atoms with van der Waals surface area (Å²) in [5.41, 5.74) is 6.09. The number of nitrogens with two attached hydrogens (primary N) is 1. The predicted octanol–water partition coefficient (Wildman–Crippen LogP) is 0.960. The summed E-state index contributed by atoms with van der Waals surface area (Å²) in [5.74, 6) is 1.10. The lowest BCUT2D eigenvalue weighted by Gasteiger charge is -2.00. The van der Waals surface area contributed by atoms with Gasteiger partial charge in [-0.05, 0) is 12.8 Å². The molecule has 2 aromatic heterocycles. The van der Waals surface area contributed by atoms with E-state index in [9.17, 15) is 0 Å². The second kappa shape index (κ2) is 4.10. The van der Waals surface area contributed by atoms with Crippen LogP contribution in [-0.2, 0) is 4.74 Å². The number of hydrogen-bond acceptors (Lipinski definition) is 7. The molecular weight excluding hydrogens is 222 g/mol. The van der Waals surface area contributed by atoms with Gasteiger partial charge in [-0.2, -0.15) is 4.98 Å². The molecule has 3 heterocycles. The highest BCUT2D eigenvalue weighted by atomic mass is 16.5. The van der Waals surface area contributed by atoms with Crippen LogP contribution in [0.1, 0.15) is 24.8 Å². The van der Waals surface area contributed by atoms with E-state index in [0.717, 1.165) is 19.4 Å². The summed E-state index contributed by atoms with van der Waals surface area (Å²) in [5, 5.41) is 3.88. The second-order valence-electron chi connectivity index (χ2n) is 3.75. The van der Waals surface area contributed by atoms with Crippen LogP contribution in [0.5, 0.6) is 0 Å². The van der Waals surface area contributed by atoms with Gasteiger partial charge in [0.25, 0.3) is 5.89 Å². The smallest absolute Gasteiger partial charge is 0.280 e. The standard InChI is InChI=1S/C10H11N5O2/c11-8-7(12-3-4-13-8)10-14-9(15-17-10)6-2-1-5-16-6/h3-4,6H,1-2,5H2,(H2,11,13). The number of aromatic nitrogens is 4. The molecule has 7 nitrogen and oxygen atoms in total. The van der Waals surface area contributed by atoms with Crippen LogP contribution in [0.25, 0.3) is 11.6 Å². The highest BCUT2D eigenvalue weighted by Crippen LogP contribution is 2.28. The minimum atomic E-state index is -0.0783. The minimum absolute atomic E-state index is 0.0783. The summed E-state index contributed by atoms with van der Waals surface area (Å²) in [6.45, 7) is 0.738. The van der Waals surface area contributed by atoms with Crippen molar-refractivity contribution in [3.63, 3.8) is 0 Å². The molecule has 0 spiro atoms. The fourth-order valence-corrected chi connectivity index (χ4v) is 1.76. The van der Waals surface area contributed by atoms with Gasteiger partial charge in [-0.3, -0.25) is 0 Å². The Bertz CT molecular complexity index is 521. The molecule has 3 rings (SSSR count). The Morgan fingerprint density at radius 3 is 2.94 bits per heavy atom. The molecule has 2 N–H and O–H groups in total. The van der Waals surface area contributed by atoms with E-state index in [1.807, 2.05) is 0 Å². The Kier molecular flexibility index (Phi) is 2.45. The van der Waals surface area contributed by atoms with Crippen LogP contribution in [0, 0.1) is 0 Å². The highest BCUT2D eigenvalue weighted by Gasteiger charge is 2.24. The zero-order chi connectivity index (χ0) is 11.7. The van der Waals surface area contributed by atoms with Crippen molar-refractivity contribution in [3.8, 4) is 11.6 Å². The average molecular weight is 233 g/mol. The fourth-order valence-electron chi connectivity index (χ4n) is 1.76. The maximum Gasteiger partial charge on any atom is 0.280 e. The molecule has 1 aliphatic rings. The van der Waals surface area contributed by atoms with Crippen LogP contribution < -0.4 is 5.73 Å². The summed E-state index contributed by atoms with van der Waals surface area (Å²) < 4.78 is 10.6. The van der Waals surface area contributed by atoms with Crippen LogP contribution in [0.3, 0.4) is 0 Å². The third-order valence-corrected chi connectivity index (χ3v) is 2.59. The van der Waals surface area contributed by atoms with E-state index in [-0.39, 0.29) is 17.8 Å². The molecule has 1 atom stereocenters. The molecule has 1 fully saturated rings. The van der Waals surface area contributed by atoms with Crippen LogP contribution in [-0.4, -0.2) is 26.7 Å². The van der Waals surface area contributed by atoms with Gasteiger partial charge in [0, 0.05) is 19.0 Å². The summed E-state index contributed by atoms with van der Waals surface area (Å²) in [7, 11) is 0. The molecular formula is C10H11N5O2. The third kappa shape index (κ3) is 1.84. The zero-order valence-electron chi connectivity index (χ0n) is 9.04. The first-order valence-corrected chi connectivity index (χ1v) is 5.36. The number of nitrogens with zero attached hydrogens (tertiary/aromatic N) is 4. The van der Waals surface area contributed by atoms with Crippen LogP contribution in [0.15, 0.2) is 16.9 Å². The summed E-state index contributed by atoms with van der Waals surface area (Å²) in [6.07, 6.45) is 4.89. The van der Waals surface area contributed by atoms with E-state index < -0.39 is 0 Å². The number of ether oxygens (including phenoxy) is 1. The number of nitrogen functional groups attached to an aromatic ring is 1. The van der Waals surface area contributed by atoms with Gasteiger partial charge in [0.15, 0.2) is 11.5 Å². The van der Waals surface area contributed by atoms with Gasteiger partial charge in [0.05, 0.1) is 0 Å². The van der Waals surface area contributed by atoms with Crippen LogP contribution >= 0.6 is 0 Å². The largest absolute Gasteiger partial charge is 0.382 e. The van der Waals surface area contributed by atoms with Crippen LogP contribution in [0.4, 0.5) is 5.82 Å². The first kappa shape index (κ1) is 10.2. The van der Waals surface area contributed by atoms with Crippen molar-refractivity contribution < 1.29 is 9.26 Å². The van der Waals surface area contributed by atoms with E-state index in [1.54, 1.807) is 0 Å². The van der Waals surface area contributed by atoms with Crippen molar-refractivity contribution in [1.29, 1.82) is 0 Å². The predicted molar refractivity (Wildman–Crippen MR) is 57.7 cm³/mol. The van der Waals surface area contributed by atoms with Gasteiger partial charge >= 0.3 is 0 Å². The van der Waals surface area contributed by atoms with E-state index in [2.05, 4.69) is 20.1 Å². The summed E-state index contributed by atoms with van der Waals surface area (Å²) >= 11 is 0. The SMILES string of the molecule is Nc1nccnc1-c1nc(C2CCCO2)no1. The Balaban J connectivity index is 1.92. The topological polar surface area (TPSA) is 100.0 Å². The number of anilines is 1. The maximum absolute atomic E-state index is 5.68. The third-order valence-electron chi connectivity index (χ3n) is 2.59. The van der Waals surface area contributed by atoms with Gasteiger partial charge in [-0.15, -0.1) is 0 Å². The minimum Gasteiger partial charge on any atom is -0.382 e. The Labute approximate surface area is 97.0 Å². The molecule has 1 aliphatic heterocycles. The number of hydrogen-bond donors (Lipinski definition) is 1. The van der Waals surface area contributed by atoms with Gasteiger partial charge in [0.1, 0.15) is 6.10 Å². The van der Waals surface area contributed by atoms with Crippen molar-refractivity contribution in [2.75, 3.05) is 12.3 Å². The van der Waals surface area contributed by atoms with Crippen molar-refractivity contribution in [1.82, 2.24) is 20.1 Å². The molecule has 88 valence electrons. The normalized spacial score (nSPS) is 19.6. The van der Waals surface area contributed by atoms with Gasteiger partial charge in [0.2, 0.25) is 5.82 Å². The van der Waals surface area contributed by atoms with Gasteiger partial charge in [-0.1, -0.05) is 5.16 Å². The molecule has 1 saturated heterocycles. The lowest BCUT2D eigenvalue weighted by atomic mass is 10.2. The molecule has 7 heteroatoms. The Hall–Kier alpha value is -2.02. The quantitative estimate of drug-likeness (QED) is 0.824. The molecule has 17 heavy (non-hydrogen) atoms. The lowest BCUT2D eigenvalue weighted by molar-refractivity contribution is 0.103. The lowest BCUT2D eigenvalue weighted by Crippen LogP contribution is -1.99. The Morgan fingerprint density at radius 2 is 2.18 bits per heavy atom. The van der Waals surface area contributed by atoms with Crippen molar-refractivity contribution in [3.05, 3.63) is 18.2 Å². The molecule has 1 unspecified atom stereocenters. The first-order chi connectivity index (χ1) is 8.34. The summed E-state index contributed by atoms with van der Waals surface area (Å²) in [6, 6.07) is 0. The van der Waals surface area contributed by atoms with E-state index in [4.69, 9.17) is 15.0 Å². The molecule has 0 radical (unpaired) electrons. The zero-order valence-corrected chi connectivity index (χ0v) is 9.04. The molecule has 2 aromatic rings. The van der Waals surface area contributed by atoms with E-state index >= 15 is 0 Å². The van der Waals surface area contributed by atoms with Crippen molar-refractivity contribution in [2.45, 2.75) is 18.9 Å². The fraction of sp³-hybridized carbons (Fsp3) is 0.400. The molecule has 0 aromatic carbocycles. The van der Waals surface area contributed by atoms with E-state index in [1.165, 1.54) is 12.4 Å². The van der Waals surface area contributed by atoms with Gasteiger partial charge in [-0.25, -0.2) is 9.97 Å². The van der Waals surface area contributed by atoms with Crippen molar-refractivity contribution >= 4 is 5.82 Å². The monoisotopic (exact) mass is 233 g/mol. The Morgan fingerprint density at radius 1 is 1.29 bits per heavy atom. The van der Waals surface area contributed by atoms with Crippen LogP contribution in [0.2, 0.25) is 0 Å². The highest BCUT2D eigenvalue weighted by molar-refractivity contribution is 5.61. The number of rotatable bonds is 2. The van der Waals surface area contributed by atoms with Gasteiger partial charge < -0.3 is 15.0 Å². The molecule has 0 aliphatic carbocycles. The second-order valence-corrected chi connectivity index (χ2v) is 3.75. The maximum atomic E-state index is 5.68.